The van der Waals surface area contributed by atoms with Crippen LogP contribution in [0.15, 0.2) is 42.5 Å². The number of carbonyl (C=O) groups excluding carboxylic acids is 2. The average molecular weight is 385 g/mol. The Morgan fingerprint density at radius 2 is 1.75 bits per heavy atom. The van der Waals surface area contributed by atoms with Gasteiger partial charge >= 0.3 is 0 Å². The fraction of sp³-hybridized carbons (Fsp3) is 0.333. The number of hydrogen-bond donors (Lipinski definition) is 3. The summed E-state index contributed by atoms with van der Waals surface area (Å²) in [7, 11) is 1.47. The molecule has 0 aromatic heterocycles. The Balaban J connectivity index is 1.74. The van der Waals surface area contributed by atoms with E-state index < -0.39 is 11.7 Å². The first-order chi connectivity index (χ1) is 13.5. The number of carbonyl (C=O) groups is 2. The highest BCUT2D eigenvalue weighted by Crippen LogP contribution is 2.27. The Morgan fingerprint density at radius 3 is 2.43 bits per heavy atom. The van der Waals surface area contributed by atoms with Gasteiger partial charge in [0.25, 0.3) is 11.8 Å². The lowest BCUT2D eigenvalue weighted by molar-refractivity contribution is 0.0924. The summed E-state index contributed by atoms with van der Waals surface area (Å²) in [5.41, 5.74) is 6.83. The molecule has 1 fully saturated rings. The van der Waals surface area contributed by atoms with E-state index in [9.17, 15) is 14.0 Å². The van der Waals surface area contributed by atoms with Gasteiger partial charge in [0.15, 0.2) is 0 Å². The summed E-state index contributed by atoms with van der Waals surface area (Å²) in [4.78, 5) is 25.0. The minimum atomic E-state index is -0.500. The lowest BCUT2D eigenvalue weighted by atomic mass is 9.91. The topological polar surface area (TPSA) is 93.4 Å². The van der Waals surface area contributed by atoms with Gasteiger partial charge in [-0.3, -0.25) is 9.59 Å². The van der Waals surface area contributed by atoms with Gasteiger partial charge in [0.2, 0.25) is 0 Å². The van der Waals surface area contributed by atoms with Crippen LogP contribution < -0.4 is 21.1 Å². The quantitative estimate of drug-likeness (QED) is 0.737. The SMILES string of the molecule is COc1ccc(C(=O)NC2CCC(N)CC2)cc1NC(=O)c1cccc(F)c1. The summed E-state index contributed by atoms with van der Waals surface area (Å²) in [6.45, 7) is 0. The van der Waals surface area contributed by atoms with Crippen LogP contribution in [0.2, 0.25) is 0 Å². The van der Waals surface area contributed by atoms with Crippen LogP contribution in [0.5, 0.6) is 5.75 Å². The first-order valence-electron chi connectivity index (χ1n) is 9.27. The predicted octanol–water partition coefficient (Wildman–Crippen LogP) is 3.09. The van der Waals surface area contributed by atoms with Gasteiger partial charge in [0.1, 0.15) is 11.6 Å². The Hall–Kier alpha value is -2.93. The number of anilines is 1. The van der Waals surface area contributed by atoms with Crippen molar-refractivity contribution < 1.29 is 18.7 Å². The van der Waals surface area contributed by atoms with Gasteiger partial charge < -0.3 is 21.1 Å². The number of methoxy groups -OCH3 is 1. The molecule has 7 heteroatoms. The van der Waals surface area contributed by atoms with Crippen molar-refractivity contribution in [3.05, 3.63) is 59.4 Å². The molecule has 0 spiro atoms. The highest BCUT2D eigenvalue weighted by atomic mass is 19.1. The van der Waals surface area contributed by atoms with Crippen LogP contribution in [0.25, 0.3) is 0 Å². The maximum atomic E-state index is 13.4. The van der Waals surface area contributed by atoms with Crippen molar-refractivity contribution in [1.82, 2.24) is 5.32 Å². The number of nitrogens with two attached hydrogens (primary N) is 1. The van der Waals surface area contributed by atoms with Crippen LogP contribution >= 0.6 is 0 Å². The summed E-state index contributed by atoms with van der Waals surface area (Å²) < 4.78 is 18.6. The Kier molecular flexibility index (Phi) is 6.26. The van der Waals surface area contributed by atoms with Gasteiger partial charge in [0, 0.05) is 23.2 Å². The molecule has 3 rings (SSSR count). The third-order valence-electron chi connectivity index (χ3n) is 4.90. The van der Waals surface area contributed by atoms with Gasteiger partial charge in [-0.15, -0.1) is 0 Å². The fourth-order valence-electron chi connectivity index (χ4n) is 3.30. The lowest BCUT2D eigenvalue weighted by Crippen LogP contribution is -2.40. The monoisotopic (exact) mass is 385 g/mol. The molecule has 1 aliphatic rings. The van der Waals surface area contributed by atoms with E-state index in [1.165, 1.54) is 25.3 Å². The number of halogens is 1. The van der Waals surface area contributed by atoms with Crippen LogP contribution in [0, 0.1) is 5.82 Å². The fourth-order valence-corrected chi connectivity index (χ4v) is 3.30. The Labute approximate surface area is 163 Å². The van der Waals surface area contributed by atoms with Crippen molar-refractivity contribution in [3.63, 3.8) is 0 Å². The Bertz CT molecular complexity index is 864. The molecule has 2 aromatic rings. The first-order valence-corrected chi connectivity index (χ1v) is 9.27. The molecular formula is C21H24FN3O3. The molecule has 1 aliphatic carbocycles. The van der Waals surface area contributed by atoms with Crippen LogP contribution in [-0.2, 0) is 0 Å². The van der Waals surface area contributed by atoms with Crippen molar-refractivity contribution in [2.75, 3.05) is 12.4 Å². The van der Waals surface area contributed by atoms with Crippen LogP contribution in [0.1, 0.15) is 46.4 Å². The zero-order chi connectivity index (χ0) is 20.1. The highest BCUT2D eigenvalue weighted by Gasteiger charge is 2.21. The maximum Gasteiger partial charge on any atom is 0.255 e. The summed E-state index contributed by atoms with van der Waals surface area (Å²) in [5.74, 6) is -0.800. The normalized spacial score (nSPS) is 19.0. The van der Waals surface area contributed by atoms with Gasteiger partial charge in [-0.2, -0.15) is 0 Å². The maximum absolute atomic E-state index is 13.4. The third kappa shape index (κ3) is 4.86. The average Bonchev–Trinajstić information content (AvgIpc) is 2.69. The smallest absolute Gasteiger partial charge is 0.255 e. The van der Waals surface area contributed by atoms with Crippen LogP contribution in [0.3, 0.4) is 0 Å². The molecule has 2 amide bonds. The number of nitrogens with one attached hydrogen (secondary N) is 2. The summed E-state index contributed by atoms with van der Waals surface area (Å²) in [6, 6.07) is 10.5. The summed E-state index contributed by atoms with van der Waals surface area (Å²) in [6.07, 6.45) is 3.49. The zero-order valence-corrected chi connectivity index (χ0v) is 15.7. The molecule has 0 unspecified atom stereocenters. The summed E-state index contributed by atoms with van der Waals surface area (Å²) >= 11 is 0. The standard InChI is InChI=1S/C21H24FN3O3/c1-28-19-10-5-14(20(26)24-17-8-6-16(23)7-9-17)12-18(19)25-21(27)13-3-2-4-15(22)11-13/h2-5,10-12,16-17H,6-9,23H2,1H3,(H,24,26)(H,25,27). The molecule has 0 aliphatic heterocycles. The van der Waals surface area contributed by atoms with Gasteiger partial charge in [-0.25, -0.2) is 4.39 Å². The Morgan fingerprint density at radius 1 is 1.04 bits per heavy atom. The predicted molar refractivity (Wildman–Crippen MR) is 105 cm³/mol. The van der Waals surface area contributed by atoms with E-state index in [1.54, 1.807) is 18.2 Å². The molecule has 28 heavy (non-hydrogen) atoms. The molecule has 0 radical (unpaired) electrons. The van der Waals surface area contributed by atoms with Gasteiger partial charge in [-0.1, -0.05) is 6.07 Å². The second-order valence-corrected chi connectivity index (χ2v) is 6.96. The minimum absolute atomic E-state index is 0.0970. The molecule has 4 N–H and O–H groups in total. The minimum Gasteiger partial charge on any atom is -0.495 e. The molecule has 6 nitrogen and oxygen atoms in total. The number of ether oxygens (including phenoxy) is 1. The van der Waals surface area contributed by atoms with Crippen molar-refractivity contribution in [2.45, 2.75) is 37.8 Å². The molecule has 1 saturated carbocycles. The number of benzene rings is 2. The van der Waals surface area contributed by atoms with Crippen molar-refractivity contribution in [3.8, 4) is 5.75 Å². The largest absolute Gasteiger partial charge is 0.495 e. The molecule has 2 aromatic carbocycles. The number of rotatable bonds is 5. The zero-order valence-electron chi connectivity index (χ0n) is 15.7. The van der Waals surface area contributed by atoms with Crippen molar-refractivity contribution in [1.29, 1.82) is 0 Å². The highest BCUT2D eigenvalue weighted by molar-refractivity contribution is 6.06. The molecule has 0 saturated heterocycles. The third-order valence-corrected chi connectivity index (χ3v) is 4.90. The van der Waals surface area contributed by atoms with Crippen LogP contribution in [-0.4, -0.2) is 31.0 Å². The molecular weight excluding hydrogens is 361 g/mol. The van der Waals surface area contributed by atoms with E-state index in [-0.39, 0.29) is 23.6 Å². The van der Waals surface area contributed by atoms with E-state index in [4.69, 9.17) is 10.5 Å². The van der Waals surface area contributed by atoms with E-state index in [2.05, 4.69) is 10.6 Å². The van der Waals surface area contributed by atoms with Crippen molar-refractivity contribution in [2.24, 2.45) is 5.73 Å². The number of amides is 2. The van der Waals surface area contributed by atoms with E-state index in [0.717, 1.165) is 31.7 Å². The van der Waals surface area contributed by atoms with Gasteiger partial charge in [-0.05, 0) is 62.1 Å². The molecule has 148 valence electrons. The van der Waals surface area contributed by atoms with E-state index in [1.807, 2.05) is 0 Å². The molecule has 0 atom stereocenters. The van der Waals surface area contributed by atoms with Crippen molar-refractivity contribution >= 4 is 17.5 Å². The lowest BCUT2D eigenvalue weighted by Gasteiger charge is -2.26. The number of hydrogen-bond acceptors (Lipinski definition) is 4. The van der Waals surface area contributed by atoms with Crippen LogP contribution in [0.4, 0.5) is 10.1 Å². The summed E-state index contributed by atoms with van der Waals surface area (Å²) in [5, 5.41) is 5.70. The molecule has 0 heterocycles. The van der Waals surface area contributed by atoms with E-state index in [0.29, 0.717) is 17.0 Å². The second kappa shape index (κ2) is 8.84. The first kappa shape index (κ1) is 19.8. The van der Waals surface area contributed by atoms with E-state index >= 15 is 0 Å². The van der Waals surface area contributed by atoms with Gasteiger partial charge in [0.05, 0.1) is 12.8 Å². The second-order valence-electron chi connectivity index (χ2n) is 6.96. The molecule has 0 bridgehead atoms.